The van der Waals surface area contributed by atoms with Crippen molar-refractivity contribution in [3.63, 3.8) is 0 Å². The van der Waals surface area contributed by atoms with E-state index in [1.807, 2.05) is 13.0 Å². The minimum Gasteiger partial charge on any atom is -0.493 e. The molecule has 0 amide bonds. The van der Waals surface area contributed by atoms with Gasteiger partial charge in [-0.05, 0) is 55.2 Å². The number of benzene rings is 2. The van der Waals surface area contributed by atoms with Crippen LogP contribution < -0.4 is 25.0 Å². The highest BCUT2D eigenvalue weighted by Gasteiger charge is 2.11. The van der Waals surface area contributed by atoms with Gasteiger partial charge in [-0.2, -0.15) is 0 Å². The molecule has 182 valence electrons. The summed E-state index contributed by atoms with van der Waals surface area (Å²) in [5.41, 5.74) is 3.72. The number of anilines is 1. The van der Waals surface area contributed by atoms with E-state index in [2.05, 4.69) is 56.9 Å². The Morgan fingerprint density at radius 1 is 1.03 bits per heavy atom. The summed E-state index contributed by atoms with van der Waals surface area (Å²) < 4.78 is 16.5. The topological polar surface area (TPSA) is 67.4 Å². The lowest BCUT2D eigenvalue weighted by Crippen LogP contribution is -2.37. The molecular formula is C25H37IN4O3. The summed E-state index contributed by atoms with van der Waals surface area (Å²) >= 11 is 0. The second-order valence-corrected chi connectivity index (χ2v) is 7.64. The summed E-state index contributed by atoms with van der Waals surface area (Å²) in [5.74, 6) is 2.39. The molecule has 0 radical (unpaired) electrons. The van der Waals surface area contributed by atoms with Gasteiger partial charge in [-0.3, -0.25) is 4.99 Å². The Morgan fingerprint density at radius 2 is 1.76 bits per heavy atom. The number of hydrogen-bond donors (Lipinski definition) is 2. The molecule has 2 aromatic rings. The van der Waals surface area contributed by atoms with E-state index in [1.165, 1.54) is 16.8 Å². The molecule has 1 fully saturated rings. The number of guanidine groups is 1. The standard InChI is InChI=1S/C25H36N4O3.HI/c1-4-32-24-18-20(9-12-23(24)30-3)6-5-13-27-25(26-2)28-19-21-7-10-22(11-8-21)29-14-16-31-17-15-29;/h7-12,18H,4-6,13-17,19H2,1-3H3,(H2,26,27,28);1H. The highest BCUT2D eigenvalue weighted by atomic mass is 127. The van der Waals surface area contributed by atoms with Crippen LogP contribution in [0.3, 0.4) is 0 Å². The monoisotopic (exact) mass is 568 g/mol. The third kappa shape index (κ3) is 8.58. The molecule has 1 aliphatic rings. The van der Waals surface area contributed by atoms with Gasteiger partial charge in [-0.1, -0.05) is 18.2 Å². The maximum atomic E-state index is 5.67. The number of nitrogens with zero attached hydrogens (tertiary/aromatic N) is 2. The third-order valence-corrected chi connectivity index (χ3v) is 5.46. The summed E-state index contributed by atoms with van der Waals surface area (Å²) in [6.07, 6.45) is 1.95. The molecule has 1 saturated heterocycles. The number of aliphatic imine (C=N–C) groups is 1. The molecule has 1 aliphatic heterocycles. The highest BCUT2D eigenvalue weighted by Crippen LogP contribution is 2.28. The van der Waals surface area contributed by atoms with Crippen molar-refractivity contribution in [1.82, 2.24) is 10.6 Å². The molecule has 2 N–H and O–H groups in total. The molecule has 0 unspecified atom stereocenters. The molecule has 2 aromatic carbocycles. The molecule has 8 heteroatoms. The largest absolute Gasteiger partial charge is 0.493 e. The smallest absolute Gasteiger partial charge is 0.191 e. The van der Waals surface area contributed by atoms with Gasteiger partial charge in [-0.15, -0.1) is 24.0 Å². The fraction of sp³-hybridized carbons (Fsp3) is 0.480. The molecule has 0 aliphatic carbocycles. The highest BCUT2D eigenvalue weighted by molar-refractivity contribution is 14.0. The van der Waals surface area contributed by atoms with Crippen molar-refractivity contribution in [2.45, 2.75) is 26.3 Å². The number of halogens is 1. The molecule has 0 bridgehead atoms. The van der Waals surface area contributed by atoms with Crippen LogP contribution in [0.2, 0.25) is 0 Å². The van der Waals surface area contributed by atoms with E-state index in [-0.39, 0.29) is 24.0 Å². The van der Waals surface area contributed by atoms with Gasteiger partial charge < -0.3 is 29.7 Å². The summed E-state index contributed by atoms with van der Waals surface area (Å²) in [6.45, 7) is 7.70. The van der Waals surface area contributed by atoms with Crippen LogP contribution in [-0.2, 0) is 17.7 Å². The molecule has 0 aromatic heterocycles. The second kappa shape index (κ2) is 14.8. The predicted octanol–water partition coefficient (Wildman–Crippen LogP) is 3.85. The normalized spacial score (nSPS) is 13.8. The Labute approximate surface area is 214 Å². The average molecular weight is 569 g/mol. The zero-order valence-electron chi connectivity index (χ0n) is 19.9. The van der Waals surface area contributed by atoms with E-state index in [0.717, 1.165) is 69.7 Å². The predicted molar refractivity (Wildman–Crippen MR) is 146 cm³/mol. The summed E-state index contributed by atoms with van der Waals surface area (Å²) in [7, 11) is 3.47. The molecule has 0 spiro atoms. The van der Waals surface area contributed by atoms with E-state index in [1.54, 1.807) is 14.2 Å². The summed E-state index contributed by atoms with van der Waals surface area (Å²) in [6, 6.07) is 14.8. The maximum Gasteiger partial charge on any atom is 0.191 e. The van der Waals surface area contributed by atoms with Crippen molar-refractivity contribution < 1.29 is 14.2 Å². The number of nitrogens with one attached hydrogen (secondary N) is 2. The van der Waals surface area contributed by atoms with Gasteiger partial charge in [0.25, 0.3) is 0 Å². The molecule has 7 nitrogen and oxygen atoms in total. The first-order valence-corrected chi connectivity index (χ1v) is 11.4. The lowest BCUT2D eigenvalue weighted by Gasteiger charge is -2.28. The van der Waals surface area contributed by atoms with Crippen LogP contribution in [0.5, 0.6) is 11.5 Å². The Morgan fingerprint density at radius 3 is 2.42 bits per heavy atom. The fourth-order valence-corrected chi connectivity index (χ4v) is 3.70. The number of ether oxygens (including phenoxy) is 3. The minimum atomic E-state index is 0. The molecule has 0 atom stereocenters. The fourth-order valence-electron chi connectivity index (χ4n) is 3.70. The molecule has 0 saturated carbocycles. The van der Waals surface area contributed by atoms with Crippen molar-refractivity contribution >= 4 is 35.6 Å². The first-order valence-electron chi connectivity index (χ1n) is 11.4. The van der Waals surface area contributed by atoms with Crippen molar-refractivity contribution in [2.24, 2.45) is 4.99 Å². The Balaban J connectivity index is 0.00000385. The minimum absolute atomic E-state index is 0. The quantitative estimate of drug-likeness (QED) is 0.197. The van der Waals surface area contributed by atoms with Gasteiger partial charge >= 0.3 is 0 Å². The number of methoxy groups -OCH3 is 1. The zero-order valence-corrected chi connectivity index (χ0v) is 22.3. The van der Waals surface area contributed by atoms with E-state index in [9.17, 15) is 0 Å². The molecule has 1 heterocycles. The van der Waals surface area contributed by atoms with Gasteiger partial charge in [0.1, 0.15) is 0 Å². The van der Waals surface area contributed by atoms with Crippen LogP contribution in [-0.4, -0.2) is 59.6 Å². The lowest BCUT2D eigenvalue weighted by molar-refractivity contribution is 0.122. The average Bonchev–Trinajstić information content (AvgIpc) is 2.85. The number of hydrogen-bond acceptors (Lipinski definition) is 5. The van der Waals surface area contributed by atoms with E-state index >= 15 is 0 Å². The number of morpholine rings is 1. The van der Waals surface area contributed by atoms with E-state index in [0.29, 0.717) is 6.61 Å². The lowest BCUT2D eigenvalue weighted by atomic mass is 10.1. The third-order valence-electron chi connectivity index (χ3n) is 5.46. The van der Waals surface area contributed by atoms with Gasteiger partial charge in [0.15, 0.2) is 17.5 Å². The van der Waals surface area contributed by atoms with E-state index in [4.69, 9.17) is 14.2 Å². The van der Waals surface area contributed by atoms with E-state index < -0.39 is 0 Å². The Bertz CT molecular complexity index is 855. The van der Waals surface area contributed by atoms with Gasteiger partial charge in [0.2, 0.25) is 0 Å². The van der Waals surface area contributed by atoms with Crippen LogP contribution in [0.15, 0.2) is 47.5 Å². The van der Waals surface area contributed by atoms with Gasteiger partial charge in [0, 0.05) is 38.9 Å². The second-order valence-electron chi connectivity index (χ2n) is 7.64. The van der Waals surface area contributed by atoms with Crippen LogP contribution in [0, 0.1) is 0 Å². The van der Waals surface area contributed by atoms with Crippen molar-refractivity contribution in [3.05, 3.63) is 53.6 Å². The first kappa shape index (κ1) is 27.0. The van der Waals surface area contributed by atoms with Gasteiger partial charge in [-0.25, -0.2) is 0 Å². The SMILES string of the molecule is CCOc1cc(CCCNC(=NC)NCc2ccc(N3CCOCC3)cc2)ccc1OC.I. The van der Waals surface area contributed by atoms with Crippen molar-refractivity contribution in [2.75, 3.05) is 58.5 Å². The van der Waals surface area contributed by atoms with Crippen LogP contribution in [0.25, 0.3) is 0 Å². The van der Waals surface area contributed by atoms with Crippen LogP contribution in [0.1, 0.15) is 24.5 Å². The van der Waals surface area contributed by atoms with Crippen molar-refractivity contribution in [1.29, 1.82) is 0 Å². The molecular weight excluding hydrogens is 531 g/mol. The number of aryl methyl sites for hydroxylation is 1. The molecule has 3 rings (SSSR count). The summed E-state index contributed by atoms with van der Waals surface area (Å²) in [5, 5.41) is 6.79. The van der Waals surface area contributed by atoms with Crippen LogP contribution >= 0.6 is 24.0 Å². The maximum absolute atomic E-state index is 5.67. The van der Waals surface area contributed by atoms with Crippen molar-refractivity contribution in [3.8, 4) is 11.5 Å². The Hall–Kier alpha value is -2.20. The van der Waals surface area contributed by atoms with Gasteiger partial charge in [0.05, 0.1) is 26.9 Å². The Kier molecular flexibility index (Phi) is 12.2. The van der Waals surface area contributed by atoms with Crippen LogP contribution in [0.4, 0.5) is 5.69 Å². The summed E-state index contributed by atoms with van der Waals surface area (Å²) in [4.78, 5) is 6.70. The molecule has 33 heavy (non-hydrogen) atoms. The first-order chi connectivity index (χ1) is 15.7. The number of rotatable bonds is 10. The zero-order chi connectivity index (χ0) is 22.6.